The van der Waals surface area contributed by atoms with Crippen molar-refractivity contribution in [1.29, 1.82) is 0 Å². The molecule has 0 aromatic heterocycles. The highest BCUT2D eigenvalue weighted by atomic mass is 19.1. The molecule has 2 saturated carbocycles. The Kier molecular flexibility index (Phi) is 3.38. The quantitative estimate of drug-likeness (QED) is 0.853. The lowest BCUT2D eigenvalue weighted by atomic mass is 9.86. The van der Waals surface area contributed by atoms with Gasteiger partial charge in [-0.25, -0.2) is 4.39 Å². The lowest BCUT2D eigenvalue weighted by Gasteiger charge is -2.29. The average Bonchev–Trinajstić information content (AvgIpc) is 3.18. The number of rotatable bonds is 4. The molecule has 0 heterocycles. The van der Waals surface area contributed by atoms with Crippen molar-refractivity contribution in [2.45, 2.75) is 56.2 Å². The number of benzene rings is 1. The SMILES string of the molecule is FC1(CNC2CC2c2ccccc2)CCCCC1. The van der Waals surface area contributed by atoms with E-state index >= 15 is 0 Å². The molecule has 0 saturated heterocycles. The van der Waals surface area contributed by atoms with Crippen LogP contribution in [-0.2, 0) is 0 Å². The first-order valence-corrected chi connectivity index (χ1v) is 7.24. The Balaban J connectivity index is 1.48. The standard InChI is InChI=1S/C16H22FN/c17-16(9-5-2-6-10-16)12-18-15-11-14(15)13-7-3-1-4-8-13/h1,3-4,7-8,14-15,18H,2,5-6,9-12H2. The molecule has 18 heavy (non-hydrogen) atoms. The molecule has 1 nitrogen and oxygen atoms in total. The third-order valence-electron chi connectivity index (χ3n) is 4.45. The molecule has 2 aliphatic rings. The van der Waals surface area contributed by atoms with Crippen LogP contribution in [0.2, 0.25) is 0 Å². The van der Waals surface area contributed by atoms with Crippen LogP contribution in [0.15, 0.2) is 30.3 Å². The normalized spacial score (nSPS) is 30.1. The average molecular weight is 247 g/mol. The van der Waals surface area contributed by atoms with E-state index in [-0.39, 0.29) is 0 Å². The van der Waals surface area contributed by atoms with Crippen molar-refractivity contribution in [3.63, 3.8) is 0 Å². The van der Waals surface area contributed by atoms with E-state index in [2.05, 4.69) is 29.6 Å². The fraction of sp³-hybridized carbons (Fsp3) is 0.625. The molecule has 1 aromatic rings. The van der Waals surface area contributed by atoms with Gasteiger partial charge in [0.05, 0.1) is 0 Å². The van der Waals surface area contributed by atoms with E-state index in [1.807, 2.05) is 6.07 Å². The van der Waals surface area contributed by atoms with E-state index in [4.69, 9.17) is 0 Å². The smallest absolute Gasteiger partial charge is 0.123 e. The third-order valence-corrected chi connectivity index (χ3v) is 4.45. The molecule has 2 aliphatic carbocycles. The van der Waals surface area contributed by atoms with Gasteiger partial charge in [-0.05, 0) is 24.8 Å². The summed E-state index contributed by atoms with van der Waals surface area (Å²) in [5, 5.41) is 3.44. The zero-order valence-electron chi connectivity index (χ0n) is 10.9. The maximum Gasteiger partial charge on any atom is 0.123 e. The van der Waals surface area contributed by atoms with Crippen molar-refractivity contribution >= 4 is 0 Å². The van der Waals surface area contributed by atoms with Crippen LogP contribution in [0.1, 0.15) is 50.0 Å². The Bertz CT molecular complexity index is 383. The second-order valence-electron chi connectivity index (χ2n) is 5.95. The Morgan fingerprint density at radius 2 is 1.83 bits per heavy atom. The van der Waals surface area contributed by atoms with Gasteiger partial charge >= 0.3 is 0 Å². The second kappa shape index (κ2) is 5.00. The minimum absolute atomic E-state index is 0.502. The van der Waals surface area contributed by atoms with Crippen molar-refractivity contribution in [1.82, 2.24) is 5.32 Å². The van der Waals surface area contributed by atoms with Gasteiger partial charge in [-0.1, -0.05) is 49.6 Å². The Morgan fingerprint density at radius 3 is 2.56 bits per heavy atom. The van der Waals surface area contributed by atoms with E-state index < -0.39 is 5.67 Å². The van der Waals surface area contributed by atoms with Crippen LogP contribution >= 0.6 is 0 Å². The summed E-state index contributed by atoms with van der Waals surface area (Å²) in [6.45, 7) is 0.557. The summed E-state index contributed by atoms with van der Waals surface area (Å²) in [4.78, 5) is 0. The largest absolute Gasteiger partial charge is 0.310 e. The maximum absolute atomic E-state index is 14.4. The van der Waals surface area contributed by atoms with Crippen LogP contribution in [0.5, 0.6) is 0 Å². The highest BCUT2D eigenvalue weighted by Crippen LogP contribution is 2.41. The molecule has 2 heteroatoms. The van der Waals surface area contributed by atoms with Crippen molar-refractivity contribution in [2.75, 3.05) is 6.54 Å². The van der Waals surface area contributed by atoms with Gasteiger partial charge in [0.2, 0.25) is 0 Å². The predicted molar refractivity (Wildman–Crippen MR) is 72.5 cm³/mol. The summed E-state index contributed by atoms with van der Waals surface area (Å²) in [5.41, 5.74) is 0.466. The zero-order chi connectivity index (χ0) is 12.4. The summed E-state index contributed by atoms with van der Waals surface area (Å²) in [7, 11) is 0. The second-order valence-corrected chi connectivity index (χ2v) is 5.95. The first-order valence-electron chi connectivity index (χ1n) is 7.24. The molecule has 0 amide bonds. The molecule has 1 aromatic carbocycles. The van der Waals surface area contributed by atoms with E-state index in [0.29, 0.717) is 18.5 Å². The fourth-order valence-corrected chi connectivity index (χ4v) is 3.17. The molecule has 0 spiro atoms. The van der Waals surface area contributed by atoms with Crippen molar-refractivity contribution in [2.24, 2.45) is 0 Å². The minimum atomic E-state index is -0.928. The van der Waals surface area contributed by atoms with Crippen molar-refractivity contribution < 1.29 is 4.39 Å². The molecule has 3 rings (SSSR count). The summed E-state index contributed by atoms with van der Waals surface area (Å²) in [6, 6.07) is 11.1. The van der Waals surface area contributed by atoms with Crippen molar-refractivity contribution in [3.05, 3.63) is 35.9 Å². The summed E-state index contributed by atoms with van der Waals surface area (Å²) in [6.07, 6.45) is 6.00. The summed E-state index contributed by atoms with van der Waals surface area (Å²) < 4.78 is 14.4. The van der Waals surface area contributed by atoms with Gasteiger partial charge in [-0.3, -0.25) is 0 Å². The third kappa shape index (κ3) is 2.74. The Morgan fingerprint density at radius 1 is 1.11 bits per heavy atom. The van der Waals surface area contributed by atoms with Crippen LogP contribution in [0.3, 0.4) is 0 Å². The fourth-order valence-electron chi connectivity index (χ4n) is 3.17. The summed E-state index contributed by atoms with van der Waals surface area (Å²) in [5.74, 6) is 0.610. The molecule has 1 N–H and O–H groups in total. The molecule has 2 atom stereocenters. The molecular formula is C16H22FN. The van der Waals surface area contributed by atoms with Gasteiger partial charge in [-0.15, -0.1) is 0 Å². The molecule has 0 bridgehead atoms. The number of nitrogens with one attached hydrogen (secondary N) is 1. The van der Waals surface area contributed by atoms with Crippen LogP contribution in [0.25, 0.3) is 0 Å². The van der Waals surface area contributed by atoms with E-state index in [9.17, 15) is 4.39 Å². The monoisotopic (exact) mass is 247 g/mol. The van der Waals surface area contributed by atoms with Crippen LogP contribution in [-0.4, -0.2) is 18.3 Å². The van der Waals surface area contributed by atoms with Crippen LogP contribution in [0, 0.1) is 0 Å². The van der Waals surface area contributed by atoms with Gasteiger partial charge in [0, 0.05) is 18.5 Å². The topological polar surface area (TPSA) is 12.0 Å². The zero-order valence-corrected chi connectivity index (χ0v) is 10.9. The highest BCUT2D eigenvalue weighted by molar-refractivity contribution is 5.27. The number of alkyl halides is 1. The van der Waals surface area contributed by atoms with Gasteiger partial charge in [-0.2, -0.15) is 0 Å². The molecule has 0 radical (unpaired) electrons. The predicted octanol–water partition coefficient (Wildman–Crippen LogP) is 3.80. The van der Waals surface area contributed by atoms with E-state index in [1.54, 1.807) is 0 Å². The van der Waals surface area contributed by atoms with Crippen LogP contribution in [0.4, 0.5) is 4.39 Å². The van der Waals surface area contributed by atoms with Crippen molar-refractivity contribution in [3.8, 4) is 0 Å². The number of hydrogen-bond donors (Lipinski definition) is 1. The molecular weight excluding hydrogens is 225 g/mol. The van der Waals surface area contributed by atoms with Gasteiger partial charge in [0.25, 0.3) is 0 Å². The number of halogens is 1. The molecule has 2 unspecified atom stereocenters. The Hall–Kier alpha value is -0.890. The van der Waals surface area contributed by atoms with Gasteiger partial charge in [0.15, 0.2) is 0 Å². The lowest BCUT2D eigenvalue weighted by molar-refractivity contribution is 0.105. The molecule has 0 aliphatic heterocycles. The first kappa shape index (κ1) is 12.2. The van der Waals surface area contributed by atoms with Gasteiger partial charge in [0.1, 0.15) is 5.67 Å². The number of hydrogen-bond acceptors (Lipinski definition) is 1. The van der Waals surface area contributed by atoms with Crippen LogP contribution < -0.4 is 5.32 Å². The molecule has 98 valence electrons. The maximum atomic E-state index is 14.4. The van der Waals surface area contributed by atoms with E-state index in [1.165, 1.54) is 18.4 Å². The minimum Gasteiger partial charge on any atom is -0.310 e. The Labute approximate surface area is 109 Å². The van der Waals surface area contributed by atoms with Gasteiger partial charge < -0.3 is 5.32 Å². The molecule has 2 fully saturated rings. The highest BCUT2D eigenvalue weighted by Gasteiger charge is 2.40. The van der Waals surface area contributed by atoms with E-state index in [0.717, 1.165) is 25.7 Å². The first-order chi connectivity index (χ1) is 8.77. The lowest BCUT2D eigenvalue weighted by Crippen LogP contribution is -2.39. The summed E-state index contributed by atoms with van der Waals surface area (Å²) >= 11 is 0.